The number of piperazine rings is 1. The molecule has 1 aliphatic heterocycles. The number of aromatic amines is 1. The van der Waals surface area contributed by atoms with E-state index in [-0.39, 0.29) is 30.1 Å². The van der Waals surface area contributed by atoms with Crippen LogP contribution in [-0.2, 0) is 4.74 Å². The van der Waals surface area contributed by atoms with Crippen molar-refractivity contribution in [3.05, 3.63) is 59.5 Å². The van der Waals surface area contributed by atoms with Gasteiger partial charge in [0.1, 0.15) is 11.5 Å². The molecular weight excluding hydrogens is 411 g/mol. The Hall–Kier alpha value is -3.55. The molecule has 2 amide bonds. The highest BCUT2D eigenvalue weighted by molar-refractivity contribution is 6.10. The minimum Gasteiger partial charge on any atom is -0.461 e. The number of hydrogen-bond donors (Lipinski definition) is 2. The Morgan fingerprint density at radius 3 is 2.75 bits per heavy atom. The third-order valence-electron chi connectivity index (χ3n) is 5.72. The fourth-order valence-corrected chi connectivity index (χ4v) is 4.17. The lowest BCUT2D eigenvalue weighted by Crippen LogP contribution is -2.54. The number of rotatable bonds is 4. The number of fused-ring (bicyclic) bond motifs is 1. The summed E-state index contributed by atoms with van der Waals surface area (Å²) in [5.74, 6) is -1.06. The number of H-pyrrole nitrogens is 1. The van der Waals surface area contributed by atoms with E-state index >= 15 is 0 Å². The molecular formula is C24H27FN4O3. The van der Waals surface area contributed by atoms with Gasteiger partial charge in [0, 0.05) is 42.3 Å². The first kappa shape index (κ1) is 21.7. The van der Waals surface area contributed by atoms with Crippen LogP contribution in [0.3, 0.4) is 0 Å². The van der Waals surface area contributed by atoms with E-state index in [0.717, 1.165) is 5.69 Å². The van der Waals surface area contributed by atoms with Gasteiger partial charge in [-0.3, -0.25) is 0 Å². The number of anilines is 2. The van der Waals surface area contributed by atoms with Crippen molar-refractivity contribution >= 4 is 34.3 Å². The van der Waals surface area contributed by atoms with Crippen LogP contribution in [-0.4, -0.2) is 54.2 Å². The summed E-state index contributed by atoms with van der Waals surface area (Å²) in [4.78, 5) is 32.5. The molecule has 1 atom stereocenters. The third kappa shape index (κ3) is 4.26. The predicted molar refractivity (Wildman–Crippen MR) is 123 cm³/mol. The lowest BCUT2D eigenvalue weighted by molar-refractivity contribution is 0.0522. The second kappa shape index (κ2) is 8.90. The number of carbonyl (C=O) groups excluding carboxylic acids is 2. The Bertz CT molecular complexity index is 1160. The molecule has 2 N–H and O–H groups in total. The van der Waals surface area contributed by atoms with E-state index < -0.39 is 11.8 Å². The molecule has 0 spiro atoms. The molecule has 0 radical (unpaired) electrons. The zero-order valence-electron chi connectivity index (χ0n) is 18.4. The van der Waals surface area contributed by atoms with Gasteiger partial charge < -0.3 is 24.8 Å². The first-order valence-electron chi connectivity index (χ1n) is 10.7. The fourth-order valence-electron chi connectivity index (χ4n) is 4.17. The van der Waals surface area contributed by atoms with Crippen LogP contribution in [0.25, 0.3) is 10.9 Å². The number of urea groups is 1. The summed E-state index contributed by atoms with van der Waals surface area (Å²) in [5, 5.41) is 3.25. The smallest absolute Gasteiger partial charge is 0.356 e. The average Bonchev–Trinajstić information content (AvgIpc) is 3.11. The molecule has 168 valence electrons. The lowest BCUT2D eigenvalue weighted by Gasteiger charge is -2.41. The van der Waals surface area contributed by atoms with Crippen LogP contribution in [0.1, 0.15) is 29.9 Å². The van der Waals surface area contributed by atoms with Crippen LogP contribution >= 0.6 is 0 Å². The van der Waals surface area contributed by atoms with Crippen molar-refractivity contribution in [3.8, 4) is 0 Å². The van der Waals surface area contributed by atoms with Crippen molar-refractivity contribution in [2.75, 3.05) is 36.5 Å². The van der Waals surface area contributed by atoms with Crippen LogP contribution in [0.4, 0.5) is 20.6 Å². The number of amides is 2. The number of benzene rings is 2. The standard InChI is InChI=1S/C24H27FN4O3/c1-4-32-23(30)22-21(19-13-17(25)8-9-20(19)26-22)27-24(31)28-10-11-29(16(3)14-28)18-7-5-6-15(2)12-18/h5-9,12-13,16,26H,4,10-11,14H2,1-3H3,(H,27,31)/t16-/m0/s1. The van der Waals surface area contributed by atoms with Crippen LogP contribution in [0.15, 0.2) is 42.5 Å². The van der Waals surface area contributed by atoms with Gasteiger partial charge in [0.2, 0.25) is 0 Å². The van der Waals surface area contributed by atoms with Gasteiger partial charge in [0.25, 0.3) is 0 Å². The summed E-state index contributed by atoms with van der Waals surface area (Å²) in [5.41, 5.74) is 3.20. The van der Waals surface area contributed by atoms with Crippen molar-refractivity contribution < 1.29 is 18.7 Å². The molecule has 0 bridgehead atoms. The minimum atomic E-state index is -0.600. The van der Waals surface area contributed by atoms with E-state index in [1.54, 1.807) is 11.8 Å². The van der Waals surface area contributed by atoms with Crippen molar-refractivity contribution in [3.63, 3.8) is 0 Å². The Morgan fingerprint density at radius 1 is 1.22 bits per heavy atom. The number of esters is 1. The van der Waals surface area contributed by atoms with Crippen LogP contribution in [0.5, 0.6) is 0 Å². The molecule has 2 aromatic carbocycles. The van der Waals surface area contributed by atoms with Gasteiger partial charge in [0.05, 0.1) is 12.3 Å². The molecule has 1 saturated heterocycles. The Balaban J connectivity index is 1.55. The summed E-state index contributed by atoms with van der Waals surface area (Å²) in [6, 6.07) is 12.2. The zero-order valence-corrected chi connectivity index (χ0v) is 18.4. The van der Waals surface area contributed by atoms with Crippen molar-refractivity contribution in [1.29, 1.82) is 0 Å². The fraction of sp³-hybridized carbons (Fsp3) is 0.333. The largest absolute Gasteiger partial charge is 0.461 e. The van der Waals surface area contributed by atoms with Gasteiger partial charge in [-0.2, -0.15) is 0 Å². The SMILES string of the molecule is CCOC(=O)c1[nH]c2ccc(F)cc2c1NC(=O)N1CCN(c2cccc(C)c2)[C@@H](C)C1. The molecule has 7 nitrogen and oxygen atoms in total. The summed E-state index contributed by atoms with van der Waals surface area (Å²) in [7, 11) is 0. The highest BCUT2D eigenvalue weighted by atomic mass is 19.1. The number of aromatic nitrogens is 1. The Labute approximate surface area is 186 Å². The average molecular weight is 439 g/mol. The number of ether oxygens (including phenoxy) is 1. The number of nitrogens with zero attached hydrogens (tertiary/aromatic N) is 2. The molecule has 4 rings (SSSR count). The first-order chi connectivity index (χ1) is 15.4. The molecule has 0 aliphatic carbocycles. The van der Waals surface area contributed by atoms with Gasteiger partial charge in [0.15, 0.2) is 0 Å². The summed E-state index contributed by atoms with van der Waals surface area (Å²) < 4.78 is 19.0. The van der Waals surface area contributed by atoms with Crippen LogP contribution < -0.4 is 10.2 Å². The normalized spacial score (nSPS) is 16.3. The topological polar surface area (TPSA) is 77.7 Å². The van der Waals surface area contributed by atoms with E-state index in [2.05, 4.69) is 47.2 Å². The second-order valence-electron chi connectivity index (χ2n) is 8.04. The number of halogens is 1. The molecule has 0 saturated carbocycles. The highest BCUT2D eigenvalue weighted by Gasteiger charge is 2.29. The molecule has 2 heterocycles. The monoisotopic (exact) mass is 438 g/mol. The van der Waals surface area contributed by atoms with E-state index in [1.165, 1.54) is 23.8 Å². The predicted octanol–water partition coefficient (Wildman–Crippen LogP) is 4.53. The van der Waals surface area contributed by atoms with Crippen molar-refractivity contribution in [1.82, 2.24) is 9.88 Å². The van der Waals surface area contributed by atoms with E-state index in [9.17, 15) is 14.0 Å². The van der Waals surface area contributed by atoms with E-state index in [0.29, 0.717) is 30.5 Å². The summed E-state index contributed by atoms with van der Waals surface area (Å²) in [6.07, 6.45) is 0. The molecule has 32 heavy (non-hydrogen) atoms. The molecule has 1 aliphatic rings. The van der Waals surface area contributed by atoms with Crippen molar-refractivity contribution in [2.24, 2.45) is 0 Å². The van der Waals surface area contributed by atoms with Gasteiger partial charge in [-0.15, -0.1) is 0 Å². The van der Waals surface area contributed by atoms with Gasteiger partial charge in [-0.25, -0.2) is 14.0 Å². The maximum atomic E-state index is 13.9. The number of nitrogens with one attached hydrogen (secondary N) is 2. The van der Waals surface area contributed by atoms with Crippen LogP contribution in [0.2, 0.25) is 0 Å². The summed E-state index contributed by atoms with van der Waals surface area (Å²) >= 11 is 0. The van der Waals surface area contributed by atoms with Gasteiger partial charge in [-0.05, 0) is 56.7 Å². The highest BCUT2D eigenvalue weighted by Crippen LogP contribution is 2.30. The second-order valence-corrected chi connectivity index (χ2v) is 8.04. The quantitative estimate of drug-likeness (QED) is 0.587. The van der Waals surface area contributed by atoms with Crippen LogP contribution in [0, 0.1) is 12.7 Å². The molecule has 0 unspecified atom stereocenters. The van der Waals surface area contributed by atoms with E-state index in [1.807, 2.05) is 6.07 Å². The maximum Gasteiger partial charge on any atom is 0.356 e. The molecule has 1 fully saturated rings. The van der Waals surface area contributed by atoms with Crippen molar-refractivity contribution in [2.45, 2.75) is 26.8 Å². The number of aryl methyl sites for hydroxylation is 1. The summed E-state index contributed by atoms with van der Waals surface area (Å²) in [6.45, 7) is 7.75. The zero-order chi connectivity index (χ0) is 22.8. The van der Waals surface area contributed by atoms with E-state index in [4.69, 9.17) is 4.74 Å². The minimum absolute atomic E-state index is 0.104. The first-order valence-corrected chi connectivity index (χ1v) is 10.7. The Kier molecular flexibility index (Phi) is 6.03. The van der Waals surface area contributed by atoms with Gasteiger partial charge >= 0.3 is 12.0 Å². The third-order valence-corrected chi connectivity index (χ3v) is 5.72. The Morgan fingerprint density at radius 2 is 2.03 bits per heavy atom. The maximum absolute atomic E-state index is 13.9. The molecule has 8 heteroatoms. The molecule has 3 aromatic rings. The number of hydrogen-bond acceptors (Lipinski definition) is 4. The molecule has 1 aromatic heterocycles. The lowest BCUT2D eigenvalue weighted by atomic mass is 10.1. The number of carbonyl (C=O) groups is 2. The van der Waals surface area contributed by atoms with Gasteiger partial charge in [-0.1, -0.05) is 12.1 Å².